The van der Waals surface area contributed by atoms with Crippen LogP contribution in [0.3, 0.4) is 0 Å². The summed E-state index contributed by atoms with van der Waals surface area (Å²) in [5.41, 5.74) is 3.03. The number of piperazine rings is 1. The summed E-state index contributed by atoms with van der Waals surface area (Å²) in [5, 5.41) is 13.2. The number of para-hydroxylation sites is 3. The second-order valence-electron chi connectivity index (χ2n) is 11.6. The number of aliphatic hydroxyl groups excluding tert-OH is 1. The molecule has 3 aromatic carbocycles. The summed E-state index contributed by atoms with van der Waals surface area (Å²) in [4.78, 5) is 18.7. The normalized spacial score (nSPS) is 14.3. The summed E-state index contributed by atoms with van der Waals surface area (Å²) in [5.74, 6) is 0.689. The molecule has 1 atom stereocenters. The predicted molar refractivity (Wildman–Crippen MR) is 201 cm³/mol. The maximum absolute atomic E-state index is 14.8. The molecule has 2 aromatic heterocycles. The SMILES string of the molecule is CCOC(O)c1sc2ccc(S(=O)(=O)N(CCc3ccccc3OC)c3ccccc3N3CCN(C(=O)c4sccc4Br)CC3)cc2c1C. The van der Waals surface area contributed by atoms with Crippen LogP contribution < -0.4 is 13.9 Å². The van der Waals surface area contributed by atoms with Crippen molar-refractivity contribution in [2.24, 2.45) is 0 Å². The molecule has 1 aliphatic heterocycles. The van der Waals surface area contributed by atoms with E-state index in [4.69, 9.17) is 9.47 Å². The molecule has 0 spiro atoms. The number of carbonyl (C=O) groups excluding carboxylic acids is 1. The van der Waals surface area contributed by atoms with Crippen molar-refractivity contribution in [3.05, 3.63) is 104 Å². The largest absolute Gasteiger partial charge is 0.496 e. The van der Waals surface area contributed by atoms with Crippen molar-refractivity contribution in [1.82, 2.24) is 4.90 Å². The third kappa shape index (κ3) is 7.24. The lowest BCUT2D eigenvalue weighted by Gasteiger charge is -2.38. The molecule has 1 saturated heterocycles. The van der Waals surface area contributed by atoms with Crippen molar-refractivity contribution in [3.8, 4) is 5.75 Å². The van der Waals surface area contributed by atoms with Gasteiger partial charge in [0.15, 0.2) is 6.29 Å². The van der Waals surface area contributed by atoms with E-state index in [1.807, 2.05) is 78.7 Å². The lowest BCUT2D eigenvalue weighted by atomic mass is 10.1. The summed E-state index contributed by atoms with van der Waals surface area (Å²) in [7, 11) is -2.47. The number of aryl methyl sites for hydroxylation is 1. The molecule has 5 aromatic rings. The van der Waals surface area contributed by atoms with Gasteiger partial charge in [0.2, 0.25) is 0 Å². The van der Waals surface area contributed by atoms with Gasteiger partial charge in [0.05, 0.1) is 28.3 Å². The summed E-state index contributed by atoms with van der Waals surface area (Å²) in [6.07, 6.45) is -0.658. The van der Waals surface area contributed by atoms with Gasteiger partial charge in [0.1, 0.15) is 10.6 Å². The smallest absolute Gasteiger partial charge is 0.265 e. The van der Waals surface area contributed by atoms with Gasteiger partial charge >= 0.3 is 0 Å². The summed E-state index contributed by atoms with van der Waals surface area (Å²) in [6.45, 7) is 6.34. The average Bonchev–Trinajstić information content (AvgIpc) is 3.70. The lowest BCUT2D eigenvalue weighted by molar-refractivity contribution is -0.0958. The molecule has 1 fully saturated rings. The first kappa shape index (κ1) is 35.4. The van der Waals surface area contributed by atoms with Crippen LogP contribution in [-0.2, 0) is 21.2 Å². The number of rotatable bonds is 12. The minimum atomic E-state index is -4.08. The maximum atomic E-state index is 14.8. The summed E-state index contributed by atoms with van der Waals surface area (Å²) < 4.78 is 43.8. The Labute approximate surface area is 303 Å². The molecule has 49 heavy (non-hydrogen) atoms. The number of anilines is 2. The molecule has 0 saturated carbocycles. The molecule has 9 nitrogen and oxygen atoms in total. The minimum Gasteiger partial charge on any atom is -0.496 e. The fraction of sp³-hybridized carbons (Fsp3) is 0.306. The van der Waals surface area contributed by atoms with Crippen molar-refractivity contribution < 1.29 is 27.8 Å². The second kappa shape index (κ2) is 15.2. The first-order valence-corrected chi connectivity index (χ1v) is 19.9. The zero-order valence-electron chi connectivity index (χ0n) is 27.5. The summed E-state index contributed by atoms with van der Waals surface area (Å²) >= 11 is 6.30. The number of nitrogens with zero attached hydrogens (tertiary/aromatic N) is 3. The molecular formula is C36H38BrN3O6S3. The Kier molecular flexibility index (Phi) is 11.0. The van der Waals surface area contributed by atoms with Crippen LogP contribution in [0.5, 0.6) is 5.75 Å². The van der Waals surface area contributed by atoms with Gasteiger partial charge in [-0.15, -0.1) is 22.7 Å². The van der Waals surface area contributed by atoms with E-state index in [-0.39, 0.29) is 17.3 Å². The average molecular weight is 785 g/mol. The summed E-state index contributed by atoms with van der Waals surface area (Å²) in [6, 6.07) is 22.2. The fourth-order valence-corrected chi connectivity index (χ4v) is 10.3. The van der Waals surface area contributed by atoms with Crippen LogP contribution in [0.4, 0.5) is 11.4 Å². The number of amides is 1. The standard InChI is InChI=1S/C36H38BrN3O6S3/c1-4-46-36(42)33-24(2)27-23-26(13-14-32(27)48-33)49(43,44)40(17-15-25-9-5-8-12-31(25)45-3)30-11-7-6-10-29(30)38-18-20-39(21-19-38)35(41)34-28(37)16-22-47-34/h5-14,16,22-23,36,42H,4,15,17-21H2,1-3H3. The van der Waals surface area contributed by atoms with Gasteiger partial charge in [0.25, 0.3) is 15.9 Å². The highest BCUT2D eigenvalue weighted by Crippen LogP contribution is 2.39. The molecule has 1 aliphatic rings. The van der Waals surface area contributed by atoms with E-state index in [9.17, 15) is 18.3 Å². The molecule has 0 bridgehead atoms. The number of ether oxygens (including phenoxy) is 2. The molecular weight excluding hydrogens is 747 g/mol. The molecule has 1 N–H and O–H groups in total. The van der Waals surface area contributed by atoms with Gasteiger partial charge in [-0.3, -0.25) is 9.10 Å². The number of carbonyl (C=O) groups is 1. The van der Waals surface area contributed by atoms with Crippen LogP contribution in [0.1, 0.15) is 38.9 Å². The van der Waals surface area contributed by atoms with Crippen LogP contribution in [-0.4, -0.2) is 70.8 Å². The van der Waals surface area contributed by atoms with Gasteiger partial charge in [-0.1, -0.05) is 30.3 Å². The Morgan fingerprint density at radius 1 is 1.04 bits per heavy atom. The number of hydrogen-bond donors (Lipinski definition) is 1. The molecule has 1 unspecified atom stereocenters. The quantitative estimate of drug-likeness (QED) is 0.131. The Morgan fingerprint density at radius 3 is 2.49 bits per heavy atom. The first-order chi connectivity index (χ1) is 23.6. The second-order valence-corrected chi connectivity index (χ2v) is 16.3. The Bertz CT molecular complexity index is 2060. The van der Waals surface area contributed by atoms with Crippen molar-refractivity contribution in [1.29, 1.82) is 0 Å². The van der Waals surface area contributed by atoms with Gasteiger partial charge in [0, 0.05) is 48.5 Å². The van der Waals surface area contributed by atoms with Gasteiger partial charge in [-0.25, -0.2) is 8.42 Å². The number of thiophene rings is 2. The van der Waals surface area contributed by atoms with Gasteiger partial charge in [-0.2, -0.15) is 0 Å². The van der Waals surface area contributed by atoms with Gasteiger partial charge in [-0.05, 0) is 101 Å². The van der Waals surface area contributed by atoms with E-state index < -0.39 is 16.3 Å². The third-order valence-corrected chi connectivity index (χ3v) is 13.7. The zero-order valence-corrected chi connectivity index (χ0v) is 31.5. The number of benzene rings is 3. The highest BCUT2D eigenvalue weighted by molar-refractivity contribution is 9.10. The topological polar surface area (TPSA) is 99.6 Å². The Morgan fingerprint density at radius 2 is 1.78 bits per heavy atom. The van der Waals surface area contributed by atoms with E-state index in [0.29, 0.717) is 60.4 Å². The van der Waals surface area contributed by atoms with Gasteiger partial charge < -0.3 is 24.4 Å². The third-order valence-electron chi connectivity index (χ3n) is 8.73. The Hall–Kier alpha value is -3.46. The molecule has 0 radical (unpaired) electrons. The van der Waals surface area contributed by atoms with Crippen LogP contribution >= 0.6 is 38.6 Å². The van der Waals surface area contributed by atoms with Crippen molar-refractivity contribution in [2.45, 2.75) is 31.5 Å². The zero-order chi connectivity index (χ0) is 34.7. The van der Waals surface area contributed by atoms with E-state index in [0.717, 1.165) is 31.4 Å². The number of hydrogen-bond acceptors (Lipinski definition) is 9. The number of sulfonamides is 1. The highest BCUT2D eigenvalue weighted by atomic mass is 79.9. The molecule has 13 heteroatoms. The number of halogens is 1. The number of aliphatic hydroxyl groups is 1. The van der Waals surface area contributed by atoms with Crippen LogP contribution in [0, 0.1) is 6.92 Å². The monoisotopic (exact) mass is 783 g/mol. The molecule has 1 amide bonds. The highest BCUT2D eigenvalue weighted by Gasteiger charge is 2.31. The number of methoxy groups -OCH3 is 1. The molecule has 3 heterocycles. The number of fused-ring (bicyclic) bond motifs is 1. The van der Waals surface area contributed by atoms with Crippen LogP contribution in [0.2, 0.25) is 0 Å². The first-order valence-electron chi connectivity index (χ1n) is 16.0. The van der Waals surface area contributed by atoms with Crippen molar-refractivity contribution >= 4 is 76.0 Å². The lowest BCUT2D eigenvalue weighted by Crippen LogP contribution is -2.49. The Balaban J connectivity index is 1.35. The maximum Gasteiger partial charge on any atom is 0.265 e. The predicted octanol–water partition coefficient (Wildman–Crippen LogP) is 7.47. The van der Waals surface area contributed by atoms with Crippen LogP contribution in [0.25, 0.3) is 10.1 Å². The van der Waals surface area contributed by atoms with E-state index >= 15 is 0 Å². The van der Waals surface area contributed by atoms with Crippen molar-refractivity contribution in [3.63, 3.8) is 0 Å². The van der Waals surface area contributed by atoms with Crippen LogP contribution in [0.15, 0.2) is 87.5 Å². The van der Waals surface area contributed by atoms with E-state index in [2.05, 4.69) is 20.8 Å². The molecule has 258 valence electrons. The fourth-order valence-electron chi connectivity index (χ4n) is 6.16. The van der Waals surface area contributed by atoms with Crippen molar-refractivity contribution in [2.75, 3.05) is 55.6 Å². The minimum absolute atomic E-state index is 0.00753. The molecule has 6 rings (SSSR count). The van der Waals surface area contributed by atoms with E-state index in [1.165, 1.54) is 27.0 Å². The van der Waals surface area contributed by atoms with E-state index in [1.54, 1.807) is 25.3 Å². The molecule has 0 aliphatic carbocycles.